The molecule has 56 valence electrons. The zero-order valence-corrected chi connectivity index (χ0v) is 6.20. The number of hydrogen-bond acceptors (Lipinski definition) is 0. The second-order valence-corrected chi connectivity index (χ2v) is 2.58. The van der Waals surface area contributed by atoms with Gasteiger partial charge in [0.2, 0.25) is 6.43 Å². The monoisotopic (exact) mass is 136 g/mol. The first-order valence-corrected chi connectivity index (χ1v) is 3.37. The van der Waals surface area contributed by atoms with Crippen LogP contribution in [0.3, 0.4) is 0 Å². The second-order valence-electron chi connectivity index (χ2n) is 2.58. The Balaban J connectivity index is 3.58. The van der Waals surface area contributed by atoms with E-state index in [2.05, 4.69) is 0 Å². The lowest BCUT2D eigenvalue weighted by Crippen LogP contribution is -2.15. The molecule has 0 aromatic heterocycles. The molecule has 9 heavy (non-hydrogen) atoms. The molecule has 0 aromatic carbocycles. The molecule has 0 fully saturated rings. The highest BCUT2D eigenvalue weighted by molar-refractivity contribution is 4.61. The van der Waals surface area contributed by atoms with Gasteiger partial charge < -0.3 is 0 Å². The smallest absolute Gasteiger partial charge is 0.210 e. The Labute approximate surface area is 55.3 Å². The minimum absolute atomic E-state index is 0.144. The average molecular weight is 136 g/mol. The van der Waals surface area contributed by atoms with Crippen molar-refractivity contribution in [3.05, 3.63) is 0 Å². The molecule has 2 heteroatoms. The van der Waals surface area contributed by atoms with Crippen molar-refractivity contribution in [1.29, 1.82) is 0 Å². The lowest BCUT2D eigenvalue weighted by Gasteiger charge is -2.16. The molecule has 0 aliphatic heterocycles. The minimum Gasteiger partial charge on any atom is -0.210 e. The third kappa shape index (κ3) is 2.78. The highest BCUT2D eigenvalue weighted by Crippen LogP contribution is 2.20. The van der Waals surface area contributed by atoms with Crippen LogP contribution in [0.5, 0.6) is 0 Å². The highest BCUT2D eigenvalue weighted by Gasteiger charge is 2.19. The molecule has 0 rings (SSSR count). The maximum Gasteiger partial charge on any atom is 0.241 e. The van der Waals surface area contributed by atoms with Gasteiger partial charge in [-0.1, -0.05) is 27.2 Å². The van der Waals surface area contributed by atoms with Gasteiger partial charge in [0.25, 0.3) is 0 Å². The Morgan fingerprint density at radius 2 is 1.67 bits per heavy atom. The number of rotatable bonds is 3. The first-order chi connectivity index (χ1) is 4.09. The lowest BCUT2D eigenvalue weighted by atomic mass is 9.94. The summed E-state index contributed by atoms with van der Waals surface area (Å²) in [6.45, 7) is 5.39. The van der Waals surface area contributed by atoms with E-state index in [1.807, 2.05) is 13.8 Å². The van der Waals surface area contributed by atoms with E-state index in [0.29, 0.717) is 0 Å². The van der Waals surface area contributed by atoms with Crippen LogP contribution in [-0.2, 0) is 0 Å². The molecule has 0 spiro atoms. The van der Waals surface area contributed by atoms with Gasteiger partial charge in [-0.15, -0.1) is 0 Å². The van der Waals surface area contributed by atoms with Gasteiger partial charge in [0.05, 0.1) is 0 Å². The Bertz CT molecular complexity index is 71.3. The van der Waals surface area contributed by atoms with Crippen LogP contribution in [0.4, 0.5) is 8.78 Å². The molecule has 0 aliphatic carbocycles. The maximum atomic E-state index is 11.9. The van der Waals surface area contributed by atoms with Crippen LogP contribution in [0.15, 0.2) is 0 Å². The van der Waals surface area contributed by atoms with Gasteiger partial charge >= 0.3 is 0 Å². The molecule has 0 radical (unpaired) electrons. The van der Waals surface area contributed by atoms with Crippen molar-refractivity contribution in [1.82, 2.24) is 0 Å². The van der Waals surface area contributed by atoms with Gasteiger partial charge in [-0.3, -0.25) is 0 Å². The summed E-state index contributed by atoms with van der Waals surface area (Å²) in [5.74, 6) is -0.306. The summed E-state index contributed by atoms with van der Waals surface area (Å²) in [4.78, 5) is 0. The number of hydrogen-bond donors (Lipinski definition) is 0. The van der Waals surface area contributed by atoms with E-state index in [-0.39, 0.29) is 5.92 Å². The van der Waals surface area contributed by atoms with Crippen molar-refractivity contribution in [2.45, 2.75) is 33.6 Å². The van der Waals surface area contributed by atoms with Gasteiger partial charge in [0.1, 0.15) is 0 Å². The largest absolute Gasteiger partial charge is 0.241 e. The summed E-state index contributed by atoms with van der Waals surface area (Å²) < 4.78 is 23.7. The van der Waals surface area contributed by atoms with Crippen LogP contribution in [0.1, 0.15) is 27.2 Å². The molecular formula is C7H14F2. The van der Waals surface area contributed by atoms with Crippen LogP contribution in [0.2, 0.25) is 0 Å². The van der Waals surface area contributed by atoms with Gasteiger partial charge in [0.15, 0.2) is 0 Å². The summed E-state index contributed by atoms with van der Waals surface area (Å²) >= 11 is 0. The minimum atomic E-state index is -2.15. The van der Waals surface area contributed by atoms with Crippen molar-refractivity contribution in [2.75, 3.05) is 0 Å². The molecule has 0 heterocycles. The van der Waals surface area contributed by atoms with Crippen LogP contribution in [0.25, 0.3) is 0 Å². The Hall–Kier alpha value is -0.140. The molecule has 0 nitrogen and oxygen atoms in total. The van der Waals surface area contributed by atoms with Crippen molar-refractivity contribution >= 4 is 0 Å². The number of halogens is 2. The van der Waals surface area contributed by atoms with Crippen LogP contribution < -0.4 is 0 Å². The molecule has 0 N–H and O–H groups in total. The van der Waals surface area contributed by atoms with Gasteiger partial charge in [-0.2, -0.15) is 0 Å². The predicted molar refractivity (Wildman–Crippen MR) is 34.6 cm³/mol. The molecule has 0 amide bonds. The van der Waals surface area contributed by atoms with Crippen LogP contribution in [0, 0.1) is 11.8 Å². The van der Waals surface area contributed by atoms with Crippen molar-refractivity contribution in [3.8, 4) is 0 Å². The van der Waals surface area contributed by atoms with Crippen LogP contribution in [-0.4, -0.2) is 6.43 Å². The third-order valence-electron chi connectivity index (χ3n) is 1.94. The van der Waals surface area contributed by atoms with E-state index in [1.165, 1.54) is 0 Å². The van der Waals surface area contributed by atoms with E-state index in [0.717, 1.165) is 6.42 Å². The highest BCUT2D eigenvalue weighted by atomic mass is 19.3. The molecule has 2 atom stereocenters. The molecule has 0 saturated heterocycles. The van der Waals surface area contributed by atoms with Crippen molar-refractivity contribution in [3.63, 3.8) is 0 Å². The van der Waals surface area contributed by atoms with Gasteiger partial charge in [-0.05, 0) is 5.92 Å². The molecule has 0 saturated carbocycles. The van der Waals surface area contributed by atoms with E-state index in [1.54, 1.807) is 6.92 Å². The fourth-order valence-electron chi connectivity index (χ4n) is 0.620. The van der Waals surface area contributed by atoms with E-state index in [9.17, 15) is 8.78 Å². The normalized spacial score (nSPS) is 18.0. The maximum absolute atomic E-state index is 11.9. The molecular weight excluding hydrogens is 122 g/mol. The zero-order chi connectivity index (χ0) is 7.44. The first kappa shape index (κ1) is 8.86. The lowest BCUT2D eigenvalue weighted by molar-refractivity contribution is 0.0571. The topological polar surface area (TPSA) is 0 Å². The van der Waals surface area contributed by atoms with E-state index in [4.69, 9.17) is 0 Å². The fraction of sp³-hybridized carbons (Fsp3) is 1.00. The van der Waals surface area contributed by atoms with Gasteiger partial charge in [-0.25, -0.2) is 8.78 Å². The fourth-order valence-corrected chi connectivity index (χ4v) is 0.620. The molecule has 0 aliphatic rings. The molecule has 1 unspecified atom stereocenters. The standard InChI is InChI=1S/C7H14F2/c1-4-5(2)6(3)7(8)9/h5-7H,4H2,1-3H3/t5?,6-/m0/s1. The quantitative estimate of drug-likeness (QED) is 0.559. The Morgan fingerprint density at radius 1 is 1.22 bits per heavy atom. The zero-order valence-electron chi connectivity index (χ0n) is 6.20. The summed E-state index contributed by atoms with van der Waals surface area (Å²) in [6, 6.07) is 0. The summed E-state index contributed by atoms with van der Waals surface area (Å²) in [5.41, 5.74) is 0. The Morgan fingerprint density at radius 3 is 1.78 bits per heavy atom. The number of alkyl halides is 2. The summed E-state index contributed by atoms with van der Waals surface area (Å²) in [6.07, 6.45) is -1.31. The van der Waals surface area contributed by atoms with E-state index >= 15 is 0 Å². The molecule has 0 aromatic rings. The van der Waals surface area contributed by atoms with Crippen molar-refractivity contribution in [2.24, 2.45) is 11.8 Å². The van der Waals surface area contributed by atoms with Gasteiger partial charge in [0, 0.05) is 5.92 Å². The van der Waals surface area contributed by atoms with Crippen LogP contribution >= 0.6 is 0 Å². The first-order valence-electron chi connectivity index (χ1n) is 3.37. The Kier molecular flexibility index (Phi) is 3.75. The summed E-state index contributed by atoms with van der Waals surface area (Å²) in [7, 11) is 0. The SMILES string of the molecule is CCC(C)[C@H](C)C(F)F. The molecule has 0 bridgehead atoms. The average Bonchev–Trinajstić information content (AvgIpc) is 1.84. The second kappa shape index (κ2) is 3.80. The third-order valence-corrected chi connectivity index (χ3v) is 1.94. The van der Waals surface area contributed by atoms with Crippen molar-refractivity contribution < 1.29 is 8.78 Å². The van der Waals surface area contributed by atoms with E-state index < -0.39 is 12.3 Å². The summed E-state index contributed by atoms with van der Waals surface area (Å²) in [5, 5.41) is 0. The predicted octanol–water partition coefficient (Wildman–Crippen LogP) is 2.93.